The fraction of sp³-hybridized carbons (Fsp3) is 0.625. The Morgan fingerprint density at radius 3 is 2.40 bits per heavy atom. The Kier molecular flexibility index (Phi) is 3.76. The Labute approximate surface area is 119 Å². The van der Waals surface area contributed by atoms with E-state index >= 15 is 0 Å². The van der Waals surface area contributed by atoms with Gasteiger partial charge in [0, 0.05) is 0 Å². The van der Waals surface area contributed by atoms with Crippen molar-refractivity contribution in [3.05, 3.63) is 24.3 Å². The van der Waals surface area contributed by atoms with Gasteiger partial charge in [-0.15, -0.1) is 0 Å². The van der Waals surface area contributed by atoms with Crippen LogP contribution in [0.5, 0.6) is 0 Å². The van der Waals surface area contributed by atoms with Crippen molar-refractivity contribution in [3.8, 4) is 0 Å². The molecule has 0 unspecified atom stereocenters. The van der Waals surface area contributed by atoms with Gasteiger partial charge in [-0.05, 0) is 37.0 Å². The fourth-order valence-electron chi connectivity index (χ4n) is 3.53. The zero-order valence-corrected chi connectivity index (χ0v) is 12.4. The van der Waals surface area contributed by atoms with Crippen LogP contribution in [0, 0.1) is 16.7 Å². The normalized spacial score (nSPS) is 31.4. The largest absolute Gasteiger partial charge is 0.468 e. The van der Waals surface area contributed by atoms with Crippen LogP contribution in [0.1, 0.15) is 32.6 Å². The molecule has 0 aromatic heterocycles. The molecule has 0 radical (unpaired) electrons. The van der Waals surface area contributed by atoms with Crippen LogP contribution >= 0.6 is 0 Å². The van der Waals surface area contributed by atoms with Gasteiger partial charge in [-0.3, -0.25) is 9.59 Å². The van der Waals surface area contributed by atoms with E-state index in [0.717, 1.165) is 12.8 Å². The molecule has 0 heterocycles. The molecule has 0 bridgehead atoms. The minimum Gasteiger partial charge on any atom is -0.468 e. The number of methoxy groups -OCH3 is 2. The SMILES string of the molecule is C=C1CC=C[C@@H]2CC(C(=O)OC)(C(=O)OC)CC[C@]12C. The van der Waals surface area contributed by atoms with Crippen molar-refractivity contribution in [1.82, 2.24) is 0 Å². The molecule has 110 valence electrons. The second-order valence-electron chi connectivity index (χ2n) is 6.03. The van der Waals surface area contributed by atoms with E-state index in [1.54, 1.807) is 0 Å². The summed E-state index contributed by atoms with van der Waals surface area (Å²) >= 11 is 0. The number of carbonyl (C=O) groups excluding carboxylic acids is 2. The Bertz CT molecular complexity index is 461. The van der Waals surface area contributed by atoms with Gasteiger partial charge in [0.1, 0.15) is 0 Å². The van der Waals surface area contributed by atoms with Crippen LogP contribution in [0.2, 0.25) is 0 Å². The third kappa shape index (κ3) is 1.98. The number of rotatable bonds is 2. The smallest absolute Gasteiger partial charge is 0.323 e. The first-order chi connectivity index (χ1) is 9.40. The topological polar surface area (TPSA) is 52.6 Å². The molecular formula is C16H22O4. The second-order valence-corrected chi connectivity index (χ2v) is 6.03. The van der Waals surface area contributed by atoms with Crippen LogP contribution < -0.4 is 0 Å². The van der Waals surface area contributed by atoms with Crippen molar-refractivity contribution < 1.29 is 19.1 Å². The predicted octanol–water partition coefficient (Wildman–Crippen LogP) is 2.64. The maximum Gasteiger partial charge on any atom is 0.323 e. The molecule has 0 amide bonds. The quantitative estimate of drug-likeness (QED) is 0.442. The summed E-state index contributed by atoms with van der Waals surface area (Å²) in [6.07, 6.45) is 6.67. The molecule has 1 saturated carbocycles. The molecule has 0 aromatic carbocycles. The number of fused-ring (bicyclic) bond motifs is 1. The number of ether oxygens (including phenoxy) is 2. The van der Waals surface area contributed by atoms with Crippen molar-refractivity contribution in [2.75, 3.05) is 14.2 Å². The first-order valence-corrected chi connectivity index (χ1v) is 6.92. The lowest BCUT2D eigenvalue weighted by atomic mass is 9.54. The molecule has 4 heteroatoms. The van der Waals surface area contributed by atoms with Gasteiger partial charge in [-0.2, -0.15) is 0 Å². The highest BCUT2D eigenvalue weighted by atomic mass is 16.5. The lowest BCUT2D eigenvalue weighted by Crippen LogP contribution is -2.50. The summed E-state index contributed by atoms with van der Waals surface area (Å²) in [5.41, 5.74) is -0.0380. The molecule has 2 rings (SSSR count). The molecule has 2 aliphatic carbocycles. The molecule has 0 N–H and O–H groups in total. The highest BCUT2D eigenvalue weighted by Crippen LogP contribution is 2.55. The Morgan fingerprint density at radius 2 is 1.85 bits per heavy atom. The molecule has 20 heavy (non-hydrogen) atoms. The first kappa shape index (κ1) is 14.8. The third-order valence-corrected chi connectivity index (χ3v) is 5.15. The summed E-state index contributed by atoms with van der Waals surface area (Å²) in [7, 11) is 2.63. The summed E-state index contributed by atoms with van der Waals surface area (Å²) in [4.78, 5) is 24.4. The van der Waals surface area contributed by atoms with Crippen LogP contribution in [-0.2, 0) is 19.1 Å². The highest BCUT2D eigenvalue weighted by molar-refractivity contribution is 6.00. The minimum atomic E-state index is -1.17. The van der Waals surface area contributed by atoms with E-state index in [9.17, 15) is 9.59 Å². The number of hydrogen-bond donors (Lipinski definition) is 0. The van der Waals surface area contributed by atoms with Gasteiger partial charge in [0.25, 0.3) is 0 Å². The average Bonchev–Trinajstić information content (AvgIpc) is 2.46. The number of allylic oxidation sites excluding steroid dienone is 3. The lowest BCUT2D eigenvalue weighted by Gasteiger charge is -2.49. The molecule has 0 saturated heterocycles. The zero-order chi connectivity index (χ0) is 15.0. The summed E-state index contributed by atoms with van der Waals surface area (Å²) < 4.78 is 9.74. The van der Waals surface area contributed by atoms with E-state index in [1.807, 2.05) is 0 Å². The molecule has 2 atom stereocenters. The summed E-state index contributed by atoms with van der Waals surface area (Å²) in [5, 5.41) is 0. The molecule has 2 aliphatic rings. The highest BCUT2D eigenvalue weighted by Gasteiger charge is 2.56. The van der Waals surface area contributed by atoms with E-state index in [-0.39, 0.29) is 11.3 Å². The molecule has 0 aromatic rings. The average molecular weight is 278 g/mol. The second kappa shape index (κ2) is 5.08. The van der Waals surface area contributed by atoms with Crippen molar-refractivity contribution in [1.29, 1.82) is 0 Å². The lowest BCUT2D eigenvalue weighted by molar-refractivity contribution is -0.174. The van der Waals surface area contributed by atoms with Gasteiger partial charge in [0.05, 0.1) is 14.2 Å². The summed E-state index contributed by atoms with van der Waals surface area (Å²) in [6, 6.07) is 0. The first-order valence-electron chi connectivity index (χ1n) is 6.92. The van der Waals surface area contributed by atoms with Gasteiger partial charge >= 0.3 is 11.9 Å². The van der Waals surface area contributed by atoms with Gasteiger partial charge in [-0.25, -0.2) is 0 Å². The van der Waals surface area contributed by atoms with Crippen LogP contribution in [-0.4, -0.2) is 26.2 Å². The third-order valence-electron chi connectivity index (χ3n) is 5.15. The predicted molar refractivity (Wildman–Crippen MR) is 74.8 cm³/mol. The Hall–Kier alpha value is -1.58. The number of esters is 2. The number of hydrogen-bond acceptors (Lipinski definition) is 4. The Morgan fingerprint density at radius 1 is 1.25 bits per heavy atom. The van der Waals surface area contributed by atoms with Crippen LogP contribution in [0.4, 0.5) is 0 Å². The van der Waals surface area contributed by atoms with Gasteiger partial charge in [0.15, 0.2) is 5.41 Å². The van der Waals surface area contributed by atoms with Crippen molar-refractivity contribution in [2.24, 2.45) is 16.7 Å². The van der Waals surface area contributed by atoms with Crippen LogP contribution in [0.25, 0.3) is 0 Å². The number of carbonyl (C=O) groups is 2. The molecule has 4 nitrogen and oxygen atoms in total. The summed E-state index contributed by atoms with van der Waals surface area (Å²) in [6.45, 7) is 6.33. The molecule has 1 fully saturated rings. The molecular weight excluding hydrogens is 256 g/mol. The standard InChI is InChI=1S/C16H22O4/c1-11-6-5-7-12-10-16(13(17)19-3,14(18)20-4)9-8-15(11,12)2/h5,7,12H,1,6,8-10H2,2-4H3/t12-,15-/m1/s1. The molecule has 0 aliphatic heterocycles. The van der Waals surface area contributed by atoms with E-state index in [2.05, 4.69) is 25.7 Å². The van der Waals surface area contributed by atoms with Crippen molar-refractivity contribution >= 4 is 11.9 Å². The van der Waals surface area contributed by atoms with Crippen LogP contribution in [0.15, 0.2) is 24.3 Å². The van der Waals surface area contributed by atoms with E-state index in [0.29, 0.717) is 12.8 Å². The molecule has 0 spiro atoms. The van der Waals surface area contributed by atoms with E-state index in [4.69, 9.17) is 9.47 Å². The van der Waals surface area contributed by atoms with Crippen molar-refractivity contribution in [2.45, 2.75) is 32.6 Å². The van der Waals surface area contributed by atoms with Gasteiger partial charge < -0.3 is 9.47 Å². The Balaban J connectivity index is 2.38. The van der Waals surface area contributed by atoms with Crippen LogP contribution in [0.3, 0.4) is 0 Å². The zero-order valence-electron chi connectivity index (χ0n) is 12.4. The van der Waals surface area contributed by atoms with Gasteiger partial charge in [-0.1, -0.05) is 31.2 Å². The van der Waals surface area contributed by atoms with E-state index in [1.165, 1.54) is 19.8 Å². The van der Waals surface area contributed by atoms with Crippen molar-refractivity contribution in [3.63, 3.8) is 0 Å². The van der Waals surface area contributed by atoms with Gasteiger partial charge in [0.2, 0.25) is 0 Å². The fourth-order valence-corrected chi connectivity index (χ4v) is 3.53. The maximum absolute atomic E-state index is 12.2. The summed E-state index contributed by atoms with van der Waals surface area (Å²) in [5.74, 6) is -0.859. The minimum absolute atomic E-state index is 0.0414. The van der Waals surface area contributed by atoms with E-state index < -0.39 is 17.4 Å². The maximum atomic E-state index is 12.2. The monoisotopic (exact) mass is 278 g/mol.